The molecule has 0 amide bonds. The first kappa shape index (κ1) is 25.3. The molecule has 4 heterocycles. The van der Waals surface area contributed by atoms with E-state index in [0.29, 0.717) is 41.0 Å². The van der Waals surface area contributed by atoms with E-state index in [9.17, 15) is 10.1 Å². The van der Waals surface area contributed by atoms with Crippen molar-refractivity contribution in [2.45, 2.75) is 18.9 Å². The van der Waals surface area contributed by atoms with E-state index >= 15 is 0 Å². The molecular weight excluding hydrogens is 574 g/mol. The summed E-state index contributed by atoms with van der Waals surface area (Å²) < 4.78 is 8.82. The van der Waals surface area contributed by atoms with Crippen molar-refractivity contribution in [1.82, 2.24) is 19.4 Å². The highest BCUT2D eigenvalue weighted by Crippen LogP contribution is 2.44. The van der Waals surface area contributed by atoms with Gasteiger partial charge in [-0.3, -0.25) is 10.1 Å². The molecular formula is C29H30BrN7O3. The largest absolute Gasteiger partial charge is 0.494 e. The van der Waals surface area contributed by atoms with Crippen LogP contribution in [0.15, 0.2) is 53.3 Å². The molecule has 40 heavy (non-hydrogen) atoms. The summed E-state index contributed by atoms with van der Waals surface area (Å²) in [6.45, 7) is 3.65. The first-order chi connectivity index (χ1) is 19.4. The van der Waals surface area contributed by atoms with Crippen molar-refractivity contribution in [2.75, 3.05) is 50.6 Å². The van der Waals surface area contributed by atoms with E-state index in [-0.39, 0.29) is 10.6 Å². The molecule has 0 bridgehead atoms. The van der Waals surface area contributed by atoms with Crippen LogP contribution in [0, 0.1) is 22.0 Å². The third kappa shape index (κ3) is 4.37. The number of nitrogens with one attached hydrogen (secondary N) is 1. The summed E-state index contributed by atoms with van der Waals surface area (Å²) in [4.78, 5) is 25.7. The van der Waals surface area contributed by atoms with E-state index < -0.39 is 0 Å². The Hall–Kier alpha value is -3.70. The van der Waals surface area contributed by atoms with Crippen molar-refractivity contribution in [2.24, 2.45) is 11.8 Å². The van der Waals surface area contributed by atoms with Crippen LogP contribution in [-0.2, 0) is 0 Å². The quantitative estimate of drug-likeness (QED) is 0.207. The van der Waals surface area contributed by atoms with Crippen LogP contribution in [0.3, 0.4) is 0 Å². The lowest BCUT2D eigenvalue weighted by Gasteiger charge is -2.22. The molecule has 2 aromatic heterocycles. The fraction of sp³-hybridized carbons (Fsp3) is 0.379. The van der Waals surface area contributed by atoms with E-state index in [1.807, 2.05) is 6.07 Å². The summed E-state index contributed by atoms with van der Waals surface area (Å²) in [7, 11) is 3.71. The van der Waals surface area contributed by atoms with Gasteiger partial charge in [-0.15, -0.1) is 0 Å². The van der Waals surface area contributed by atoms with Crippen LogP contribution in [0.2, 0.25) is 0 Å². The van der Waals surface area contributed by atoms with Crippen molar-refractivity contribution in [3.8, 4) is 17.0 Å². The summed E-state index contributed by atoms with van der Waals surface area (Å²) in [5.74, 6) is 1.89. The number of halogens is 1. The molecule has 2 saturated heterocycles. The lowest BCUT2D eigenvalue weighted by Crippen LogP contribution is -2.27. The molecule has 0 radical (unpaired) electrons. The van der Waals surface area contributed by atoms with E-state index in [4.69, 9.17) is 9.72 Å². The molecule has 206 valence electrons. The molecule has 3 fully saturated rings. The molecule has 10 nitrogen and oxygen atoms in total. The Morgan fingerprint density at radius 2 is 1.88 bits per heavy atom. The Kier molecular flexibility index (Phi) is 6.16. The fourth-order valence-corrected chi connectivity index (χ4v) is 6.84. The van der Waals surface area contributed by atoms with Gasteiger partial charge in [0.05, 0.1) is 27.9 Å². The molecule has 0 unspecified atom stereocenters. The molecule has 7 rings (SSSR count). The number of aromatic nitrogens is 3. The average Bonchev–Trinajstić information content (AvgIpc) is 3.47. The maximum absolute atomic E-state index is 12.2. The molecule has 0 spiro atoms. The van der Waals surface area contributed by atoms with E-state index in [0.717, 1.165) is 47.3 Å². The first-order valence-electron chi connectivity index (χ1n) is 13.6. The van der Waals surface area contributed by atoms with Crippen LogP contribution in [-0.4, -0.2) is 64.7 Å². The number of ether oxygens (including phenoxy) is 1. The SMILES string of the molecule is COc1cc(N2C[C@H]3CN(C)C[C@H]3C2)c([N+](=O)[O-])cc1Nc1ncc(Br)c(-c2cn(C3CC3)c3ccccc23)n1. The van der Waals surface area contributed by atoms with Crippen molar-refractivity contribution in [1.29, 1.82) is 0 Å². The van der Waals surface area contributed by atoms with Gasteiger partial charge in [0.1, 0.15) is 11.4 Å². The van der Waals surface area contributed by atoms with Crippen LogP contribution in [0.4, 0.5) is 23.0 Å². The summed E-state index contributed by atoms with van der Waals surface area (Å²) >= 11 is 3.65. The summed E-state index contributed by atoms with van der Waals surface area (Å²) in [6, 6.07) is 12.2. The third-order valence-corrected chi connectivity index (χ3v) is 9.01. The number of nitrogens with zero attached hydrogens (tertiary/aromatic N) is 6. The highest BCUT2D eigenvalue weighted by Gasteiger charge is 2.40. The van der Waals surface area contributed by atoms with Gasteiger partial charge < -0.3 is 24.4 Å². The van der Waals surface area contributed by atoms with Gasteiger partial charge in [-0.05, 0) is 53.7 Å². The van der Waals surface area contributed by atoms with Crippen LogP contribution < -0.4 is 15.0 Å². The summed E-state index contributed by atoms with van der Waals surface area (Å²) in [6.07, 6.45) is 6.24. The first-order valence-corrected chi connectivity index (χ1v) is 14.4. The lowest BCUT2D eigenvalue weighted by atomic mass is 10.0. The van der Waals surface area contributed by atoms with E-state index in [1.54, 1.807) is 25.4 Å². The van der Waals surface area contributed by atoms with Crippen molar-refractivity contribution in [3.63, 3.8) is 0 Å². The maximum atomic E-state index is 12.2. The Labute approximate surface area is 240 Å². The number of rotatable bonds is 7. The summed E-state index contributed by atoms with van der Waals surface area (Å²) in [5.41, 5.74) is 4.04. The highest BCUT2D eigenvalue weighted by molar-refractivity contribution is 9.10. The van der Waals surface area contributed by atoms with Gasteiger partial charge in [0.15, 0.2) is 0 Å². The van der Waals surface area contributed by atoms with Gasteiger partial charge in [0.2, 0.25) is 5.95 Å². The second-order valence-corrected chi connectivity index (χ2v) is 12.0. The van der Waals surface area contributed by atoms with Crippen molar-refractivity contribution < 1.29 is 9.66 Å². The number of nitro groups is 1. The molecule has 1 N–H and O–H groups in total. The number of para-hydroxylation sites is 1. The van der Waals surface area contributed by atoms with Gasteiger partial charge in [0.25, 0.3) is 5.69 Å². The predicted octanol–water partition coefficient (Wildman–Crippen LogP) is 5.85. The normalized spacial score (nSPS) is 20.7. The Morgan fingerprint density at radius 1 is 1.12 bits per heavy atom. The lowest BCUT2D eigenvalue weighted by molar-refractivity contribution is -0.384. The molecule has 1 aliphatic carbocycles. The van der Waals surface area contributed by atoms with E-state index in [2.05, 4.69) is 72.0 Å². The molecule has 11 heteroatoms. The Balaban J connectivity index is 1.24. The fourth-order valence-electron chi connectivity index (χ4n) is 6.43. The number of fused-ring (bicyclic) bond motifs is 2. The average molecular weight is 605 g/mol. The Morgan fingerprint density at radius 3 is 2.58 bits per heavy atom. The minimum absolute atomic E-state index is 0.0430. The number of hydrogen-bond donors (Lipinski definition) is 1. The van der Waals surface area contributed by atoms with Crippen molar-refractivity contribution in [3.05, 3.63) is 63.4 Å². The van der Waals surface area contributed by atoms with Crippen LogP contribution in [0.1, 0.15) is 18.9 Å². The predicted molar refractivity (Wildman–Crippen MR) is 159 cm³/mol. The van der Waals surface area contributed by atoms with Gasteiger partial charge in [-0.2, -0.15) is 0 Å². The second-order valence-electron chi connectivity index (χ2n) is 11.2. The number of benzene rings is 2. The number of likely N-dealkylation sites (tertiary alicyclic amines) is 1. The monoisotopic (exact) mass is 603 g/mol. The minimum atomic E-state index is -0.319. The molecule has 2 aliphatic heterocycles. The maximum Gasteiger partial charge on any atom is 0.294 e. The van der Waals surface area contributed by atoms with Gasteiger partial charge in [0, 0.05) is 73.2 Å². The standard InChI is InChI=1S/C29H30BrN7O3/c1-34-12-17-14-35(15-18(17)13-34)25-10-27(40-2)23(9-26(25)37(38)39)32-29-31-11-22(30)28(33-29)21-16-36(19-7-8-19)24-6-4-3-5-20(21)24/h3-6,9-11,16-19H,7-8,12-15H2,1-2H3,(H,31,32,33)/t17-,18+. The molecule has 2 atom stereocenters. The van der Waals surface area contributed by atoms with Gasteiger partial charge in [-0.1, -0.05) is 18.2 Å². The highest BCUT2D eigenvalue weighted by atomic mass is 79.9. The van der Waals surface area contributed by atoms with Crippen LogP contribution in [0.25, 0.3) is 22.2 Å². The van der Waals surface area contributed by atoms with Crippen LogP contribution in [0.5, 0.6) is 5.75 Å². The van der Waals surface area contributed by atoms with Gasteiger partial charge in [-0.25, -0.2) is 9.97 Å². The zero-order chi connectivity index (χ0) is 27.5. The zero-order valence-corrected chi connectivity index (χ0v) is 24.0. The topological polar surface area (TPSA) is 102 Å². The van der Waals surface area contributed by atoms with Gasteiger partial charge >= 0.3 is 0 Å². The Bertz CT molecular complexity index is 1620. The van der Waals surface area contributed by atoms with Crippen molar-refractivity contribution >= 4 is 49.8 Å². The van der Waals surface area contributed by atoms with E-state index in [1.165, 1.54) is 18.4 Å². The third-order valence-electron chi connectivity index (χ3n) is 8.43. The minimum Gasteiger partial charge on any atom is -0.494 e. The smallest absolute Gasteiger partial charge is 0.294 e. The molecule has 1 saturated carbocycles. The molecule has 3 aliphatic rings. The number of nitro benzene ring substituents is 1. The molecule has 4 aromatic rings. The zero-order valence-electron chi connectivity index (χ0n) is 22.4. The molecule has 2 aromatic carbocycles. The number of anilines is 3. The second kappa shape index (κ2) is 9.74. The number of hydrogen-bond acceptors (Lipinski definition) is 8. The summed E-state index contributed by atoms with van der Waals surface area (Å²) in [5, 5.41) is 16.5. The number of methoxy groups -OCH3 is 1. The van der Waals surface area contributed by atoms with Crippen LogP contribution >= 0.6 is 15.9 Å².